The summed E-state index contributed by atoms with van der Waals surface area (Å²) in [5, 5.41) is 10.5. The minimum atomic E-state index is -0.210. The maximum atomic E-state index is 11.2. The molecule has 2 rings (SSSR count). The first kappa shape index (κ1) is 10.8. The summed E-state index contributed by atoms with van der Waals surface area (Å²) in [5.41, 5.74) is -0.210. The molecule has 0 aliphatic heterocycles. The first-order chi connectivity index (χ1) is 7.77. The molecular weight excluding hydrogens is 276 g/mol. The normalized spacial score (nSPS) is 10.3. The molecule has 2 heterocycles. The van der Waals surface area contributed by atoms with E-state index in [1.165, 1.54) is 6.33 Å². The predicted molar refractivity (Wildman–Crippen MR) is 61.1 cm³/mol. The average molecular weight is 285 g/mol. The Labute approximate surface area is 99.0 Å². The largest absolute Gasteiger partial charge is 0.367 e. The van der Waals surface area contributed by atoms with Crippen LogP contribution in [0.25, 0.3) is 0 Å². The van der Waals surface area contributed by atoms with Crippen molar-refractivity contribution in [1.29, 1.82) is 0 Å². The minimum absolute atomic E-state index is 0.210. The topological polar surface area (TPSA) is 88.5 Å². The van der Waals surface area contributed by atoms with E-state index in [-0.39, 0.29) is 5.56 Å². The summed E-state index contributed by atoms with van der Waals surface area (Å²) >= 11 is 3.16. The highest BCUT2D eigenvalue weighted by Crippen LogP contribution is 2.12. The third-order valence-electron chi connectivity index (χ3n) is 1.90. The van der Waals surface area contributed by atoms with E-state index in [0.717, 1.165) is 0 Å². The Balaban J connectivity index is 1.95. The van der Waals surface area contributed by atoms with Crippen molar-refractivity contribution in [2.75, 3.05) is 11.9 Å². The van der Waals surface area contributed by atoms with Gasteiger partial charge >= 0.3 is 0 Å². The zero-order chi connectivity index (χ0) is 11.4. The van der Waals surface area contributed by atoms with Crippen molar-refractivity contribution in [2.24, 2.45) is 0 Å². The molecule has 16 heavy (non-hydrogen) atoms. The van der Waals surface area contributed by atoms with E-state index >= 15 is 0 Å². The molecule has 0 atom stereocenters. The predicted octanol–water partition coefficient (Wildman–Crippen LogP) is 0.236. The van der Waals surface area contributed by atoms with Crippen molar-refractivity contribution in [3.63, 3.8) is 0 Å². The number of nitrogens with zero attached hydrogens (tertiary/aromatic N) is 4. The second kappa shape index (κ2) is 4.88. The summed E-state index contributed by atoms with van der Waals surface area (Å²) in [7, 11) is 0. The van der Waals surface area contributed by atoms with Crippen LogP contribution in [0.1, 0.15) is 0 Å². The summed E-state index contributed by atoms with van der Waals surface area (Å²) < 4.78 is 2.09. The number of hydrogen-bond acceptors (Lipinski definition) is 5. The summed E-state index contributed by atoms with van der Waals surface area (Å²) in [6, 6.07) is 0. The molecule has 0 bridgehead atoms. The monoisotopic (exact) mass is 284 g/mol. The molecule has 2 aromatic rings. The Morgan fingerprint density at radius 3 is 3.19 bits per heavy atom. The molecule has 0 spiro atoms. The number of rotatable bonds is 4. The van der Waals surface area contributed by atoms with Gasteiger partial charge in [-0.15, -0.1) is 5.10 Å². The smallest absolute Gasteiger partial charge is 0.267 e. The van der Waals surface area contributed by atoms with Gasteiger partial charge in [0, 0.05) is 12.7 Å². The molecule has 2 N–H and O–H groups in total. The molecule has 0 amide bonds. The summed E-state index contributed by atoms with van der Waals surface area (Å²) in [6.45, 7) is 1.26. The maximum absolute atomic E-state index is 11.2. The first-order valence-corrected chi connectivity index (χ1v) is 5.38. The van der Waals surface area contributed by atoms with Gasteiger partial charge in [-0.2, -0.15) is 0 Å². The fourth-order valence-corrected chi connectivity index (χ4v) is 1.50. The molecule has 0 aliphatic rings. The molecule has 7 nitrogen and oxygen atoms in total. The maximum Gasteiger partial charge on any atom is 0.267 e. The van der Waals surface area contributed by atoms with Crippen LogP contribution in [0, 0.1) is 0 Å². The fourth-order valence-electron chi connectivity index (χ4n) is 1.15. The highest BCUT2D eigenvalue weighted by atomic mass is 79.9. The zero-order valence-corrected chi connectivity index (χ0v) is 9.81. The Morgan fingerprint density at radius 1 is 1.56 bits per heavy atom. The standard InChI is InChI=1S/C8H9BrN6O/c9-6-7(11-5-12-8(6)16)10-1-3-15-4-2-13-14-15/h2,4-5H,1,3H2,(H2,10,11,12,16). The Hall–Kier alpha value is -1.70. The molecule has 0 fully saturated rings. The number of anilines is 1. The second-order valence-electron chi connectivity index (χ2n) is 2.99. The van der Waals surface area contributed by atoms with E-state index in [2.05, 4.69) is 41.5 Å². The van der Waals surface area contributed by atoms with E-state index in [0.29, 0.717) is 23.4 Å². The number of aromatic amines is 1. The lowest BCUT2D eigenvalue weighted by atomic mass is 10.5. The van der Waals surface area contributed by atoms with Crippen LogP contribution in [0.15, 0.2) is 28.0 Å². The van der Waals surface area contributed by atoms with E-state index in [9.17, 15) is 4.79 Å². The SMILES string of the molecule is O=c1[nH]cnc(NCCn2ccnn2)c1Br. The van der Waals surface area contributed by atoms with E-state index in [1.807, 2.05) is 0 Å². The van der Waals surface area contributed by atoms with Gasteiger partial charge in [-0.1, -0.05) is 5.21 Å². The average Bonchev–Trinajstić information content (AvgIpc) is 2.77. The van der Waals surface area contributed by atoms with Crippen LogP contribution in [-0.2, 0) is 6.54 Å². The van der Waals surface area contributed by atoms with Gasteiger partial charge in [-0.3, -0.25) is 9.48 Å². The summed E-state index contributed by atoms with van der Waals surface area (Å²) in [5.74, 6) is 0.517. The third kappa shape index (κ3) is 2.45. The van der Waals surface area contributed by atoms with Gasteiger partial charge in [-0.25, -0.2) is 4.98 Å². The van der Waals surface area contributed by atoms with E-state index < -0.39 is 0 Å². The second-order valence-corrected chi connectivity index (χ2v) is 3.78. The van der Waals surface area contributed by atoms with Crippen molar-refractivity contribution in [2.45, 2.75) is 6.54 Å². The molecule has 0 aliphatic carbocycles. The molecule has 84 valence electrons. The Kier molecular flexibility index (Phi) is 3.30. The minimum Gasteiger partial charge on any atom is -0.367 e. The molecule has 0 unspecified atom stereocenters. The van der Waals surface area contributed by atoms with Gasteiger partial charge < -0.3 is 10.3 Å². The van der Waals surface area contributed by atoms with Crippen LogP contribution in [-0.4, -0.2) is 31.5 Å². The first-order valence-electron chi connectivity index (χ1n) is 4.58. The van der Waals surface area contributed by atoms with Crippen LogP contribution in [0.2, 0.25) is 0 Å². The van der Waals surface area contributed by atoms with Crippen LogP contribution in [0.5, 0.6) is 0 Å². The van der Waals surface area contributed by atoms with Gasteiger partial charge in [0.2, 0.25) is 0 Å². The van der Waals surface area contributed by atoms with Gasteiger partial charge in [0.1, 0.15) is 10.3 Å². The third-order valence-corrected chi connectivity index (χ3v) is 2.64. The Morgan fingerprint density at radius 2 is 2.44 bits per heavy atom. The quantitative estimate of drug-likeness (QED) is 0.839. The summed E-state index contributed by atoms with van der Waals surface area (Å²) in [4.78, 5) is 17.7. The van der Waals surface area contributed by atoms with Gasteiger partial charge in [0.15, 0.2) is 0 Å². The van der Waals surface area contributed by atoms with Crippen LogP contribution < -0.4 is 10.9 Å². The molecule has 2 aromatic heterocycles. The number of aromatic nitrogens is 5. The zero-order valence-electron chi connectivity index (χ0n) is 8.22. The molecule has 0 saturated carbocycles. The van der Waals surface area contributed by atoms with Crippen LogP contribution in [0.3, 0.4) is 0 Å². The van der Waals surface area contributed by atoms with Crippen molar-refractivity contribution < 1.29 is 0 Å². The van der Waals surface area contributed by atoms with Crippen LogP contribution >= 0.6 is 15.9 Å². The Bertz CT molecular complexity index is 507. The lowest BCUT2D eigenvalue weighted by molar-refractivity contribution is 0.608. The number of H-pyrrole nitrogens is 1. The molecule has 8 heteroatoms. The van der Waals surface area contributed by atoms with Gasteiger partial charge in [0.25, 0.3) is 5.56 Å². The van der Waals surface area contributed by atoms with E-state index in [1.54, 1.807) is 17.1 Å². The number of nitrogens with one attached hydrogen (secondary N) is 2. The van der Waals surface area contributed by atoms with Crippen molar-refractivity contribution in [3.05, 3.63) is 33.5 Å². The van der Waals surface area contributed by atoms with Crippen molar-refractivity contribution in [3.8, 4) is 0 Å². The highest BCUT2D eigenvalue weighted by Gasteiger charge is 2.03. The van der Waals surface area contributed by atoms with Gasteiger partial charge in [-0.05, 0) is 15.9 Å². The lowest BCUT2D eigenvalue weighted by Crippen LogP contribution is -2.16. The van der Waals surface area contributed by atoms with Crippen LogP contribution in [0.4, 0.5) is 5.82 Å². The summed E-state index contributed by atoms with van der Waals surface area (Å²) in [6.07, 6.45) is 4.73. The van der Waals surface area contributed by atoms with Gasteiger partial charge in [0.05, 0.1) is 19.1 Å². The number of halogens is 1. The molecule has 0 radical (unpaired) electrons. The molecule has 0 saturated heterocycles. The van der Waals surface area contributed by atoms with Crippen molar-refractivity contribution in [1.82, 2.24) is 25.0 Å². The van der Waals surface area contributed by atoms with E-state index in [4.69, 9.17) is 0 Å². The lowest BCUT2D eigenvalue weighted by Gasteiger charge is -2.05. The fraction of sp³-hybridized carbons (Fsp3) is 0.250. The highest BCUT2D eigenvalue weighted by molar-refractivity contribution is 9.10. The molecule has 0 aromatic carbocycles. The molecular formula is C8H9BrN6O. The number of hydrogen-bond donors (Lipinski definition) is 2. The van der Waals surface area contributed by atoms with Crippen molar-refractivity contribution >= 4 is 21.7 Å².